The molecule has 0 fully saturated rings. The van der Waals surface area contributed by atoms with Crippen LogP contribution in [0.25, 0.3) is 0 Å². The van der Waals surface area contributed by atoms with Crippen molar-refractivity contribution in [1.29, 1.82) is 5.26 Å². The van der Waals surface area contributed by atoms with Crippen LogP contribution in [0.1, 0.15) is 40.3 Å². The molecular formula is C15H22N2. The topological polar surface area (TPSA) is 27.0 Å². The largest absolute Gasteiger partial charge is 0.301 e. The molecular weight excluding hydrogens is 208 g/mol. The first-order valence-corrected chi connectivity index (χ1v) is 6.00. The van der Waals surface area contributed by atoms with Gasteiger partial charge >= 0.3 is 0 Å². The number of benzene rings is 1. The first-order chi connectivity index (χ1) is 7.90. The zero-order valence-electron chi connectivity index (χ0n) is 11.8. The van der Waals surface area contributed by atoms with E-state index >= 15 is 0 Å². The van der Waals surface area contributed by atoms with Crippen molar-refractivity contribution in [2.75, 3.05) is 14.1 Å². The highest BCUT2D eigenvalue weighted by molar-refractivity contribution is 5.46. The second-order valence-electron chi connectivity index (χ2n) is 5.02. The Kier molecular flexibility index (Phi) is 4.31. The van der Waals surface area contributed by atoms with Gasteiger partial charge < -0.3 is 4.90 Å². The molecule has 0 aliphatic rings. The highest BCUT2D eigenvalue weighted by Gasteiger charge is 2.20. The third kappa shape index (κ3) is 2.68. The first-order valence-electron chi connectivity index (χ1n) is 6.00. The molecule has 1 rings (SSSR count). The number of hydrogen-bond donors (Lipinski definition) is 0. The molecule has 0 spiro atoms. The molecule has 0 bridgehead atoms. The lowest BCUT2D eigenvalue weighted by atomic mass is 9.88. The zero-order valence-corrected chi connectivity index (χ0v) is 11.8. The quantitative estimate of drug-likeness (QED) is 0.795. The van der Waals surface area contributed by atoms with Crippen molar-refractivity contribution in [3.8, 4) is 6.07 Å². The predicted molar refractivity (Wildman–Crippen MR) is 72.0 cm³/mol. The molecule has 0 radical (unpaired) electrons. The number of nitriles is 1. The van der Waals surface area contributed by atoms with E-state index in [1.54, 1.807) is 0 Å². The molecule has 0 N–H and O–H groups in total. The molecule has 17 heavy (non-hydrogen) atoms. The third-order valence-corrected chi connectivity index (χ3v) is 3.67. The minimum absolute atomic E-state index is 0.193. The maximum Gasteiger partial charge on any atom is 0.0641 e. The van der Waals surface area contributed by atoms with Crippen LogP contribution in [0.4, 0.5) is 0 Å². The molecule has 2 heteroatoms. The van der Waals surface area contributed by atoms with E-state index in [1.165, 1.54) is 27.8 Å². The van der Waals surface area contributed by atoms with Crippen LogP contribution < -0.4 is 0 Å². The fraction of sp³-hybridized carbons (Fsp3) is 0.533. The van der Waals surface area contributed by atoms with Crippen LogP contribution in [-0.2, 0) is 0 Å². The Morgan fingerprint density at radius 3 is 1.94 bits per heavy atom. The van der Waals surface area contributed by atoms with Gasteiger partial charge in [0.1, 0.15) is 0 Å². The van der Waals surface area contributed by atoms with Crippen molar-refractivity contribution in [2.24, 2.45) is 0 Å². The lowest BCUT2D eigenvalue weighted by Gasteiger charge is -2.27. The molecule has 1 atom stereocenters. The summed E-state index contributed by atoms with van der Waals surface area (Å²) < 4.78 is 0. The molecule has 0 saturated carbocycles. The molecule has 0 saturated heterocycles. The third-order valence-electron chi connectivity index (χ3n) is 3.67. The molecule has 0 amide bonds. The van der Waals surface area contributed by atoms with Gasteiger partial charge in [-0.15, -0.1) is 0 Å². The van der Waals surface area contributed by atoms with Crippen LogP contribution in [0, 0.1) is 39.0 Å². The minimum Gasteiger partial charge on any atom is -0.301 e. The summed E-state index contributed by atoms with van der Waals surface area (Å²) in [5.41, 5.74) is 6.60. The van der Waals surface area contributed by atoms with Crippen LogP contribution in [0.3, 0.4) is 0 Å². The van der Waals surface area contributed by atoms with Gasteiger partial charge in [-0.2, -0.15) is 5.26 Å². The molecule has 1 unspecified atom stereocenters. The normalized spacial score (nSPS) is 12.6. The van der Waals surface area contributed by atoms with Gasteiger partial charge in [0.05, 0.1) is 12.5 Å². The average Bonchev–Trinajstić information content (AvgIpc) is 2.25. The van der Waals surface area contributed by atoms with Gasteiger partial charge in [0.2, 0.25) is 0 Å². The van der Waals surface area contributed by atoms with Crippen molar-refractivity contribution in [3.63, 3.8) is 0 Å². The number of nitrogens with zero attached hydrogens (tertiary/aromatic N) is 2. The van der Waals surface area contributed by atoms with Gasteiger partial charge in [0, 0.05) is 6.04 Å². The van der Waals surface area contributed by atoms with Gasteiger partial charge in [-0.1, -0.05) is 6.07 Å². The highest BCUT2D eigenvalue weighted by Crippen LogP contribution is 2.31. The van der Waals surface area contributed by atoms with Crippen molar-refractivity contribution in [2.45, 2.75) is 40.2 Å². The number of hydrogen-bond acceptors (Lipinski definition) is 2. The van der Waals surface area contributed by atoms with E-state index in [0.29, 0.717) is 6.42 Å². The Labute approximate surface area is 105 Å². The lowest BCUT2D eigenvalue weighted by Crippen LogP contribution is -2.22. The summed E-state index contributed by atoms with van der Waals surface area (Å²) in [6, 6.07) is 4.72. The summed E-state index contributed by atoms with van der Waals surface area (Å²) in [6.07, 6.45) is 0.539. The fourth-order valence-electron chi connectivity index (χ4n) is 2.38. The summed E-state index contributed by atoms with van der Waals surface area (Å²) >= 11 is 0. The minimum atomic E-state index is 0.193. The molecule has 0 aliphatic carbocycles. The Morgan fingerprint density at radius 2 is 1.59 bits per heavy atom. The van der Waals surface area contributed by atoms with Gasteiger partial charge in [-0.05, 0) is 69.6 Å². The average molecular weight is 230 g/mol. The van der Waals surface area contributed by atoms with Crippen molar-refractivity contribution >= 4 is 0 Å². The first kappa shape index (κ1) is 13.7. The summed E-state index contributed by atoms with van der Waals surface area (Å²) in [4.78, 5) is 2.14. The van der Waals surface area contributed by atoms with Crippen LogP contribution in [0.5, 0.6) is 0 Å². The Morgan fingerprint density at radius 1 is 1.12 bits per heavy atom. The van der Waals surface area contributed by atoms with Crippen LogP contribution in [0.2, 0.25) is 0 Å². The van der Waals surface area contributed by atoms with E-state index in [4.69, 9.17) is 5.26 Å². The Hall–Kier alpha value is -1.33. The van der Waals surface area contributed by atoms with Crippen LogP contribution >= 0.6 is 0 Å². The zero-order chi connectivity index (χ0) is 13.2. The fourth-order valence-corrected chi connectivity index (χ4v) is 2.38. The molecule has 92 valence electrons. The summed E-state index contributed by atoms with van der Waals surface area (Å²) in [5.74, 6) is 0. The van der Waals surface area contributed by atoms with E-state index in [9.17, 15) is 0 Å². The van der Waals surface area contributed by atoms with Crippen molar-refractivity contribution in [1.82, 2.24) is 4.90 Å². The predicted octanol–water partition coefficient (Wildman–Crippen LogP) is 3.44. The molecule has 0 aromatic heterocycles. The molecule has 0 heterocycles. The molecule has 1 aromatic rings. The monoisotopic (exact) mass is 230 g/mol. The standard InChI is InChI=1S/C15H22N2/c1-10-9-11(2)13(4)15(12(10)3)14(7-8-16)17(5)6/h9,14H,7H2,1-6H3. The summed E-state index contributed by atoms with van der Waals surface area (Å²) in [7, 11) is 4.08. The summed E-state index contributed by atoms with van der Waals surface area (Å²) in [6.45, 7) is 8.60. The molecule has 2 nitrogen and oxygen atoms in total. The smallest absolute Gasteiger partial charge is 0.0641 e. The SMILES string of the molecule is Cc1cc(C)c(C)c(C(CC#N)N(C)C)c1C. The lowest BCUT2D eigenvalue weighted by molar-refractivity contribution is 0.301. The van der Waals surface area contributed by atoms with E-state index in [2.05, 4.69) is 44.7 Å². The maximum atomic E-state index is 8.99. The highest BCUT2D eigenvalue weighted by atomic mass is 15.1. The number of rotatable bonds is 3. The second-order valence-corrected chi connectivity index (χ2v) is 5.02. The van der Waals surface area contributed by atoms with Gasteiger partial charge in [0.25, 0.3) is 0 Å². The van der Waals surface area contributed by atoms with E-state index < -0.39 is 0 Å². The molecule has 0 aliphatic heterocycles. The van der Waals surface area contributed by atoms with Crippen molar-refractivity contribution < 1.29 is 0 Å². The van der Waals surface area contributed by atoms with E-state index in [1.807, 2.05) is 14.1 Å². The Bertz CT molecular complexity index is 427. The molecule has 1 aromatic carbocycles. The Balaban J connectivity index is 3.42. The van der Waals surface area contributed by atoms with Crippen LogP contribution in [-0.4, -0.2) is 19.0 Å². The van der Waals surface area contributed by atoms with Gasteiger partial charge in [0.15, 0.2) is 0 Å². The maximum absolute atomic E-state index is 8.99. The van der Waals surface area contributed by atoms with E-state index in [0.717, 1.165) is 0 Å². The van der Waals surface area contributed by atoms with Crippen molar-refractivity contribution in [3.05, 3.63) is 33.9 Å². The van der Waals surface area contributed by atoms with Crippen LogP contribution in [0.15, 0.2) is 6.07 Å². The number of aryl methyl sites for hydroxylation is 2. The van der Waals surface area contributed by atoms with Gasteiger partial charge in [-0.3, -0.25) is 0 Å². The van der Waals surface area contributed by atoms with Gasteiger partial charge in [-0.25, -0.2) is 0 Å². The second kappa shape index (κ2) is 5.33. The van der Waals surface area contributed by atoms with E-state index in [-0.39, 0.29) is 6.04 Å². The summed E-state index contributed by atoms with van der Waals surface area (Å²) in [5, 5.41) is 8.99.